The smallest absolute Gasteiger partial charge is 0.0575 e. The first-order valence-corrected chi connectivity index (χ1v) is 43.9. The summed E-state index contributed by atoms with van der Waals surface area (Å²) < 4.78 is 10.5. The number of nitrogens with two attached hydrogens (primary N) is 11. The Balaban J connectivity index is 0.000000171. The van der Waals surface area contributed by atoms with Crippen LogP contribution in [0.4, 0.5) is 0 Å². The van der Waals surface area contributed by atoms with Crippen LogP contribution < -0.4 is 63.1 Å². The summed E-state index contributed by atoms with van der Waals surface area (Å²) in [6.07, 6.45) is 16.9. The van der Waals surface area contributed by atoms with Crippen LogP contribution >= 0.6 is 0 Å². The minimum absolute atomic E-state index is 0.0417. The molecule has 17 fully saturated rings. The zero-order chi connectivity index (χ0) is 84.7. The summed E-state index contributed by atoms with van der Waals surface area (Å²) in [4.78, 5) is 25.4. The normalized spacial score (nSPS) is 42.3. The third kappa shape index (κ3) is 22.1. The second-order valence-corrected chi connectivity index (χ2v) is 44.4. The lowest BCUT2D eigenvalue weighted by molar-refractivity contribution is -0.131. The van der Waals surface area contributed by atoms with E-state index in [1.54, 1.807) is 0 Å². The molecule has 13 saturated heterocycles. The highest BCUT2D eigenvalue weighted by Crippen LogP contribution is 2.58. The van der Waals surface area contributed by atoms with Gasteiger partial charge in [0.05, 0.1) is 26.4 Å². The molecule has 17 aliphatic rings. The van der Waals surface area contributed by atoms with Crippen LogP contribution in [0.15, 0.2) is 24.3 Å². The van der Waals surface area contributed by atoms with Gasteiger partial charge in [-0.1, -0.05) is 67.5 Å². The monoisotopic (exact) mass is 1580 g/mol. The van der Waals surface area contributed by atoms with E-state index >= 15 is 0 Å². The summed E-state index contributed by atoms with van der Waals surface area (Å²) >= 11 is 0. The summed E-state index contributed by atoms with van der Waals surface area (Å²) in [5.41, 5.74) is 72.5. The maximum absolute atomic E-state index is 6.27. The van der Waals surface area contributed by atoms with Crippen LogP contribution in [-0.4, -0.2) is 363 Å². The van der Waals surface area contributed by atoms with E-state index in [4.69, 9.17) is 72.5 Å². The number of nitrogens with zero attached hydrogens (tertiary/aromatic N) is 11. The Morgan fingerprint density at radius 3 is 0.527 bits per heavy atom. The Hall–Kier alpha value is -1.48. The van der Waals surface area contributed by atoms with Crippen LogP contribution in [0.5, 0.6) is 0 Å². The zero-order valence-electron chi connectivity index (χ0n) is 77.3. The van der Waals surface area contributed by atoms with Crippen LogP contribution in [-0.2, 0) is 9.47 Å². The van der Waals surface area contributed by atoms with E-state index in [9.17, 15) is 0 Å². The molecule has 4 saturated carbocycles. The molecule has 0 radical (unpaired) electrons. The second kappa shape index (κ2) is 35.9. The Kier molecular flexibility index (Phi) is 31.3. The van der Waals surface area contributed by atoms with Crippen molar-refractivity contribution in [1.29, 1.82) is 0 Å². The van der Waals surface area contributed by atoms with Crippen LogP contribution in [0.25, 0.3) is 0 Å². The highest BCUT2D eigenvalue weighted by atomic mass is 16.5. The van der Waals surface area contributed by atoms with Gasteiger partial charge >= 0.3 is 0 Å². The van der Waals surface area contributed by atoms with E-state index in [0.29, 0.717) is 39.4 Å². The van der Waals surface area contributed by atoms with Crippen molar-refractivity contribution < 1.29 is 9.47 Å². The van der Waals surface area contributed by atoms with Gasteiger partial charge in [0.1, 0.15) is 0 Å². The molecule has 0 bridgehead atoms. The molecule has 24 nitrogen and oxygen atoms in total. The fourth-order valence-electron chi connectivity index (χ4n) is 22.8. The maximum Gasteiger partial charge on any atom is 0.0575 e. The van der Waals surface area contributed by atoms with E-state index in [1.165, 1.54) is 90.4 Å². The molecule has 0 aromatic heterocycles. The molecular formula is C88H182N22O2. The molecule has 0 aromatic carbocycles. The van der Waals surface area contributed by atoms with E-state index in [2.05, 4.69) is 228 Å². The lowest BCUT2D eigenvalue weighted by Crippen LogP contribution is -2.62. The third-order valence-corrected chi connectivity index (χ3v) is 32.2. The van der Waals surface area contributed by atoms with Gasteiger partial charge in [0.25, 0.3) is 0 Å². The molecule has 656 valence electrons. The molecule has 0 aromatic rings. The van der Waals surface area contributed by atoms with Crippen molar-refractivity contribution in [3.05, 3.63) is 24.3 Å². The third-order valence-electron chi connectivity index (χ3n) is 32.2. The highest BCUT2D eigenvalue weighted by molar-refractivity contribution is 5.23. The number of hydrogen-bond acceptors (Lipinski definition) is 24. The Morgan fingerprint density at radius 1 is 0.277 bits per heavy atom. The highest BCUT2D eigenvalue weighted by Gasteiger charge is 2.62. The Bertz CT molecular complexity index is 2700. The van der Waals surface area contributed by atoms with Crippen LogP contribution in [0, 0.1) is 50.2 Å². The van der Waals surface area contributed by atoms with Crippen molar-refractivity contribution in [2.75, 3.05) is 248 Å². The van der Waals surface area contributed by atoms with Crippen molar-refractivity contribution in [2.45, 2.75) is 241 Å². The lowest BCUT2D eigenvalue weighted by atomic mass is 9.60. The Morgan fingerprint density at radius 2 is 0.473 bits per heavy atom. The van der Waals surface area contributed by atoms with Gasteiger partial charge < -0.3 is 126 Å². The first kappa shape index (κ1) is 97.6. The number of likely N-dealkylation sites (tertiary alicyclic amines) is 11. The van der Waals surface area contributed by atoms with Crippen molar-refractivity contribution in [1.82, 2.24) is 53.9 Å². The van der Waals surface area contributed by atoms with Gasteiger partial charge in [-0.15, -0.1) is 0 Å². The average Bonchev–Trinajstić information content (AvgIpc) is 1.57. The SMILES string of the molecule is C=C1CN(C)CC1(C)N.C=C1CN(C)C[C@@]1(C)N.CCC1(N)CN(C)CC1C.CC[C@@]1(N)CN(C)C[C@@H]1C.CC[C@@]1(N)CN(C)C[C@H]1C.CN1CC(C)(N)C2(CC2)C1.CN1CC(C)(N)C2(CCC2)C1.CN1CC(C)(N)C2(COC2)C1.CN1CC2(CC2)[C@](C)(N)C1.CN1CC2(CCC2)[C@](C)(N)C1.CN1CC2(COC2)[C@](C)(N)C1. The standard InChI is InChI=1S/2C9H18N2.2C8H16N2O.2C8H16N2.3C8H18N2.2C7H14N2/c2*1-8(10)6-11(2)7-9(8)4-3-5-9;2*1-7(9)3-10(2)4-8(7)5-11-6-8;2*1-7(9)5-10(2)6-8(7)3-4-8;3*1-4-8(9)6-10(3)5-7(8)2;2*1-6-4-9(3)5-7(6,2)8/h2*3-7,10H2,1-2H3;2*3-6,9H2,1-2H3;2*3-6,9H2,1-2H3;3*7H,4-6,9H2,1-3H3;2*1,4-5,8H2,2-3H3/t8-;;7-;;7-;;7-,8+;7-,8-;;7-;/m1.1.1.01.1./s1. The van der Waals surface area contributed by atoms with Gasteiger partial charge in [-0.25, -0.2) is 0 Å². The van der Waals surface area contributed by atoms with Crippen molar-refractivity contribution >= 4 is 0 Å². The summed E-state index contributed by atoms with van der Waals surface area (Å²) in [5, 5.41) is 0. The molecule has 112 heavy (non-hydrogen) atoms. The number of ether oxygens (including phenoxy) is 2. The van der Waals surface area contributed by atoms with E-state index in [-0.39, 0.29) is 71.8 Å². The molecule has 22 N–H and O–H groups in total. The second-order valence-electron chi connectivity index (χ2n) is 44.4. The molecule has 13 aliphatic heterocycles. The predicted molar refractivity (Wildman–Crippen MR) is 473 cm³/mol. The predicted octanol–water partition coefficient (Wildman–Crippen LogP) is 4.27. The summed E-state index contributed by atoms with van der Waals surface area (Å²) in [7, 11) is 23.5. The quantitative estimate of drug-likeness (QED) is 0.176. The fourth-order valence-corrected chi connectivity index (χ4v) is 22.8. The molecule has 24 heteroatoms. The summed E-state index contributed by atoms with van der Waals surface area (Å²) in [6.45, 7) is 65.4. The molecule has 6 unspecified atom stereocenters. The summed E-state index contributed by atoms with van der Waals surface area (Å²) in [5.74, 6) is 1.97. The number of likely N-dealkylation sites (N-methyl/N-ethyl adjacent to an activating group) is 11. The van der Waals surface area contributed by atoms with Crippen LogP contribution in [0.1, 0.15) is 180 Å². The Labute approximate surface area is 686 Å². The molecule has 4 aliphatic carbocycles. The van der Waals surface area contributed by atoms with E-state index in [1.807, 2.05) is 13.8 Å². The first-order chi connectivity index (χ1) is 51.1. The average molecular weight is 1580 g/mol. The minimum atomic E-state index is -0.144. The maximum atomic E-state index is 6.27. The van der Waals surface area contributed by atoms with Gasteiger partial charge in [-0.2, -0.15) is 0 Å². The fraction of sp³-hybridized carbons (Fsp3) is 0.955. The number of hydrogen-bond donors (Lipinski definition) is 11. The summed E-state index contributed by atoms with van der Waals surface area (Å²) in [6, 6.07) is 0. The van der Waals surface area contributed by atoms with Gasteiger partial charge in [0.2, 0.25) is 0 Å². The minimum Gasteiger partial charge on any atom is -0.380 e. The molecular weight excluding hydrogens is 1400 g/mol. The van der Waals surface area contributed by atoms with Crippen molar-refractivity contribution in [3.63, 3.8) is 0 Å². The molecule has 6 spiro atoms. The lowest BCUT2D eigenvalue weighted by Gasteiger charge is -2.47. The largest absolute Gasteiger partial charge is 0.380 e. The first-order valence-electron chi connectivity index (χ1n) is 43.9. The van der Waals surface area contributed by atoms with Crippen molar-refractivity contribution in [2.24, 2.45) is 113 Å². The topological polar surface area (TPSA) is 340 Å². The van der Waals surface area contributed by atoms with Gasteiger partial charge in [0, 0.05) is 237 Å². The van der Waals surface area contributed by atoms with Crippen LogP contribution in [0.3, 0.4) is 0 Å². The molecule has 14 atom stereocenters. The van der Waals surface area contributed by atoms with Gasteiger partial charge in [-0.3, -0.25) is 0 Å². The van der Waals surface area contributed by atoms with E-state index in [0.717, 1.165) is 175 Å². The van der Waals surface area contributed by atoms with Gasteiger partial charge in [0.15, 0.2) is 0 Å². The zero-order valence-corrected chi connectivity index (χ0v) is 77.3. The van der Waals surface area contributed by atoms with E-state index < -0.39 is 0 Å². The molecule has 17 rings (SSSR count). The molecule has 0 amide bonds. The van der Waals surface area contributed by atoms with Crippen LogP contribution in [0.2, 0.25) is 0 Å². The van der Waals surface area contributed by atoms with Gasteiger partial charge in [-0.05, 0) is 232 Å². The van der Waals surface area contributed by atoms with Crippen molar-refractivity contribution in [3.8, 4) is 0 Å². The number of rotatable bonds is 3. The molecule has 13 heterocycles.